The van der Waals surface area contributed by atoms with Gasteiger partial charge in [0.15, 0.2) is 0 Å². The molecule has 3 aliphatic heterocycles. The highest BCUT2D eigenvalue weighted by Gasteiger charge is 2.44. The van der Waals surface area contributed by atoms with Crippen molar-refractivity contribution in [2.75, 3.05) is 13.1 Å². The molecule has 5 rings (SSSR count). The van der Waals surface area contributed by atoms with Gasteiger partial charge < -0.3 is 11.1 Å². The van der Waals surface area contributed by atoms with Crippen LogP contribution >= 0.6 is 0 Å². The smallest absolute Gasteiger partial charge is 0.224 e. The van der Waals surface area contributed by atoms with E-state index in [1.165, 1.54) is 0 Å². The molecule has 1 aromatic heterocycles. The summed E-state index contributed by atoms with van der Waals surface area (Å²) in [7, 11) is 0. The Bertz CT molecular complexity index is 554. The molecule has 0 radical (unpaired) electrons. The maximum Gasteiger partial charge on any atom is 0.224 e. The van der Waals surface area contributed by atoms with Crippen molar-refractivity contribution in [2.24, 2.45) is 17.6 Å². The van der Waals surface area contributed by atoms with Crippen molar-refractivity contribution in [3.8, 4) is 0 Å². The normalized spacial score (nSPS) is 33.9. The Labute approximate surface area is 130 Å². The van der Waals surface area contributed by atoms with Crippen molar-refractivity contribution in [3.63, 3.8) is 0 Å². The molecule has 0 aromatic carbocycles. The van der Waals surface area contributed by atoms with Gasteiger partial charge in [-0.1, -0.05) is 5.21 Å². The van der Waals surface area contributed by atoms with Gasteiger partial charge in [-0.15, -0.1) is 5.10 Å². The third-order valence-corrected chi connectivity index (χ3v) is 5.33. The Hall–Kier alpha value is -1.47. The first-order valence-electron chi connectivity index (χ1n) is 8.36. The van der Waals surface area contributed by atoms with Crippen LogP contribution in [0.15, 0.2) is 6.20 Å². The number of aromatic nitrogens is 3. The lowest BCUT2D eigenvalue weighted by molar-refractivity contribution is -0.133. The zero-order chi connectivity index (χ0) is 15.1. The number of carbonyl (C=O) groups is 1. The van der Waals surface area contributed by atoms with E-state index in [2.05, 4.69) is 20.5 Å². The summed E-state index contributed by atoms with van der Waals surface area (Å²) in [4.78, 5) is 14.8. The summed E-state index contributed by atoms with van der Waals surface area (Å²) < 4.78 is 1.90. The van der Waals surface area contributed by atoms with Crippen LogP contribution in [0.25, 0.3) is 0 Å². The molecule has 1 saturated carbocycles. The molecule has 1 aliphatic carbocycles. The highest BCUT2D eigenvalue weighted by atomic mass is 16.2. The monoisotopic (exact) mass is 304 g/mol. The fraction of sp³-hybridized carbons (Fsp3) is 0.800. The van der Waals surface area contributed by atoms with Crippen LogP contribution < -0.4 is 11.1 Å². The molecule has 1 unspecified atom stereocenters. The second kappa shape index (κ2) is 5.62. The molecule has 120 valence electrons. The zero-order valence-electron chi connectivity index (χ0n) is 12.8. The van der Waals surface area contributed by atoms with Gasteiger partial charge in [0, 0.05) is 31.4 Å². The molecule has 7 nitrogen and oxygen atoms in total. The van der Waals surface area contributed by atoms with Crippen molar-refractivity contribution in [3.05, 3.63) is 11.9 Å². The van der Waals surface area contributed by atoms with Gasteiger partial charge in [0.25, 0.3) is 0 Å². The predicted molar refractivity (Wildman–Crippen MR) is 80.7 cm³/mol. The van der Waals surface area contributed by atoms with Gasteiger partial charge in [-0.3, -0.25) is 14.4 Å². The number of hydrogen-bond donors (Lipinski definition) is 2. The van der Waals surface area contributed by atoms with Crippen LogP contribution in [0.2, 0.25) is 0 Å². The lowest BCUT2D eigenvalue weighted by Crippen LogP contribution is -2.58. The SMILES string of the molecule is NCc1cn(C[C@H]2C[C@@H]3CCN2C[C@@H]3C(=O)NC2CC2)nn1. The number of piperidine rings is 3. The number of nitrogens with two attached hydrogens (primary N) is 1. The van der Waals surface area contributed by atoms with Crippen LogP contribution in [0.5, 0.6) is 0 Å². The molecule has 7 heteroatoms. The van der Waals surface area contributed by atoms with Crippen LogP contribution in [0.3, 0.4) is 0 Å². The molecule has 4 aliphatic rings. The molecule has 4 atom stereocenters. The van der Waals surface area contributed by atoms with E-state index in [4.69, 9.17) is 5.73 Å². The Morgan fingerprint density at radius 1 is 1.41 bits per heavy atom. The first-order valence-corrected chi connectivity index (χ1v) is 8.36. The quantitative estimate of drug-likeness (QED) is 0.781. The van der Waals surface area contributed by atoms with E-state index >= 15 is 0 Å². The van der Waals surface area contributed by atoms with Gasteiger partial charge >= 0.3 is 0 Å². The third kappa shape index (κ3) is 2.75. The van der Waals surface area contributed by atoms with Crippen LogP contribution in [0.4, 0.5) is 0 Å². The van der Waals surface area contributed by atoms with E-state index in [0.29, 0.717) is 24.5 Å². The minimum atomic E-state index is 0.181. The van der Waals surface area contributed by atoms with Crippen molar-refractivity contribution < 1.29 is 4.79 Å². The van der Waals surface area contributed by atoms with E-state index < -0.39 is 0 Å². The number of rotatable bonds is 5. The number of carbonyl (C=O) groups excluding carboxylic acids is 1. The van der Waals surface area contributed by atoms with Crippen molar-refractivity contribution in [2.45, 2.75) is 50.9 Å². The van der Waals surface area contributed by atoms with Crippen LogP contribution in [-0.2, 0) is 17.9 Å². The highest BCUT2D eigenvalue weighted by Crippen LogP contribution is 2.37. The number of amides is 1. The first kappa shape index (κ1) is 14.1. The van der Waals surface area contributed by atoms with Crippen LogP contribution in [-0.4, -0.2) is 51.0 Å². The van der Waals surface area contributed by atoms with Crippen LogP contribution in [0, 0.1) is 11.8 Å². The maximum atomic E-state index is 12.4. The van der Waals surface area contributed by atoms with E-state index in [9.17, 15) is 4.79 Å². The summed E-state index contributed by atoms with van der Waals surface area (Å²) in [6.45, 7) is 3.27. The molecule has 22 heavy (non-hydrogen) atoms. The second-order valence-corrected chi connectivity index (χ2v) is 6.96. The molecule has 3 saturated heterocycles. The van der Waals surface area contributed by atoms with Crippen molar-refractivity contribution in [1.82, 2.24) is 25.2 Å². The average Bonchev–Trinajstić information content (AvgIpc) is 3.24. The zero-order valence-corrected chi connectivity index (χ0v) is 12.8. The molecule has 2 bridgehead atoms. The predicted octanol–water partition coefficient (Wildman–Crippen LogP) is -0.274. The first-order chi connectivity index (χ1) is 10.7. The van der Waals surface area contributed by atoms with Gasteiger partial charge in [0.2, 0.25) is 5.91 Å². The molecular formula is C15H24N6O. The molecule has 3 N–H and O–H groups in total. The Balaban J connectivity index is 1.38. The molecule has 4 fully saturated rings. The lowest BCUT2D eigenvalue weighted by Gasteiger charge is -2.49. The summed E-state index contributed by atoms with van der Waals surface area (Å²) in [6, 6.07) is 0.930. The summed E-state index contributed by atoms with van der Waals surface area (Å²) in [6.07, 6.45) is 6.47. The number of nitrogens with one attached hydrogen (secondary N) is 1. The Morgan fingerprint density at radius 2 is 2.27 bits per heavy atom. The lowest BCUT2D eigenvalue weighted by atomic mass is 9.75. The standard InChI is InChI=1S/C15H24N6O/c16-6-12-7-21(19-18-12)8-13-5-10-3-4-20(13)9-14(10)15(22)17-11-1-2-11/h7,10-11,13-14H,1-6,8-9,16H2,(H,17,22)/t10-,13+,14-/m0/s1. The summed E-state index contributed by atoms with van der Waals surface area (Å²) in [5.41, 5.74) is 6.41. The van der Waals surface area contributed by atoms with Gasteiger partial charge in [0.05, 0.1) is 18.2 Å². The van der Waals surface area contributed by atoms with Gasteiger partial charge in [0.1, 0.15) is 0 Å². The summed E-state index contributed by atoms with van der Waals surface area (Å²) >= 11 is 0. The third-order valence-electron chi connectivity index (χ3n) is 5.33. The van der Waals surface area contributed by atoms with Crippen molar-refractivity contribution in [1.29, 1.82) is 0 Å². The average molecular weight is 304 g/mol. The minimum absolute atomic E-state index is 0.181. The number of fused-ring (bicyclic) bond motifs is 3. The number of nitrogens with zero attached hydrogens (tertiary/aromatic N) is 4. The minimum Gasteiger partial charge on any atom is -0.353 e. The second-order valence-electron chi connectivity index (χ2n) is 6.96. The fourth-order valence-electron chi connectivity index (χ4n) is 3.90. The van der Waals surface area contributed by atoms with E-state index in [0.717, 1.165) is 51.0 Å². The van der Waals surface area contributed by atoms with Crippen molar-refractivity contribution >= 4 is 5.91 Å². The summed E-state index contributed by atoms with van der Waals surface area (Å²) in [5, 5.41) is 11.4. The topological polar surface area (TPSA) is 89.1 Å². The molecular weight excluding hydrogens is 280 g/mol. The fourth-order valence-corrected chi connectivity index (χ4v) is 3.90. The summed E-state index contributed by atoms with van der Waals surface area (Å²) in [5.74, 6) is 0.981. The molecule has 0 spiro atoms. The Kier molecular flexibility index (Phi) is 3.62. The van der Waals surface area contributed by atoms with Gasteiger partial charge in [-0.2, -0.15) is 0 Å². The van der Waals surface area contributed by atoms with Gasteiger partial charge in [-0.05, 0) is 38.1 Å². The van der Waals surface area contributed by atoms with E-state index in [1.807, 2.05) is 10.9 Å². The molecule has 1 amide bonds. The van der Waals surface area contributed by atoms with E-state index in [-0.39, 0.29) is 11.8 Å². The molecule has 4 heterocycles. The maximum absolute atomic E-state index is 12.4. The van der Waals surface area contributed by atoms with Gasteiger partial charge in [-0.25, -0.2) is 0 Å². The largest absolute Gasteiger partial charge is 0.353 e. The van der Waals surface area contributed by atoms with Crippen LogP contribution in [0.1, 0.15) is 31.4 Å². The van der Waals surface area contributed by atoms with E-state index in [1.54, 1.807) is 0 Å². The number of hydrogen-bond acceptors (Lipinski definition) is 5. The molecule has 1 aromatic rings. The Morgan fingerprint density at radius 3 is 2.91 bits per heavy atom. The highest BCUT2D eigenvalue weighted by molar-refractivity contribution is 5.80.